The highest BCUT2D eigenvalue weighted by Crippen LogP contribution is 2.31. The molecule has 1 atom stereocenters. The van der Waals surface area contributed by atoms with Crippen LogP contribution < -0.4 is 0 Å². The number of benzene rings is 1. The summed E-state index contributed by atoms with van der Waals surface area (Å²) in [6, 6.07) is 6.87. The number of hydrogen-bond donors (Lipinski definition) is 0. The highest BCUT2D eigenvalue weighted by molar-refractivity contribution is 5.37. The van der Waals surface area contributed by atoms with Crippen LogP contribution in [0.25, 0.3) is 0 Å². The number of terminal acetylenes is 1. The molecule has 98 valence electrons. The van der Waals surface area contributed by atoms with Crippen LogP contribution in [-0.4, -0.2) is 0 Å². The minimum atomic E-state index is 0.201. The van der Waals surface area contributed by atoms with E-state index in [0.29, 0.717) is 5.92 Å². The van der Waals surface area contributed by atoms with Crippen LogP contribution in [0.5, 0.6) is 0 Å². The molecule has 0 N–H and O–H groups in total. The summed E-state index contributed by atoms with van der Waals surface area (Å²) in [5, 5.41) is 0. The molecule has 0 nitrogen and oxygen atoms in total. The van der Waals surface area contributed by atoms with Crippen molar-refractivity contribution in [2.24, 2.45) is 0 Å². The van der Waals surface area contributed by atoms with Crippen LogP contribution in [0.15, 0.2) is 18.2 Å². The van der Waals surface area contributed by atoms with Gasteiger partial charge in [-0.15, -0.1) is 12.3 Å². The van der Waals surface area contributed by atoms with Gasteiger partial charge in [0.05, 0.1) is 0 Å². The molecule has 0 spiro atoms. The monoisotopic (exact) mass is 242 g/mol. The molecule has 1 rings (SSSR count). The summed E-state index contributed by atoms with van der Waals surface area (Å²) in [5.41, 5.74) is 4.43. The first kappa shape index (κ1) is 14.8. The summed E-state index contributed by atoms with van der Waals surface area (Å²) in [4.78, 5) is 0. The second-order valence-electron chi connectivity index (χ2n) is 6.22. The zero-order chi connectivity index (χ0) is 13.8. The van der Waals surface area contributed by atoms with Gasteiger partial charge in [0, 0.05) is 6.42 Å². The summed E-state index contributed by atoms with van der Waals surface area (Å²) in [6.07, 6.45) is 8.71. The molecule has 0 fully saturated rings. The van der Waals surface area contributed by atoms with Gasteiger partial charge in [0.1, 0.15) is 0 Å². The van der Waals surface area contributed by atoms with Crippen molar-refractivity contribution in [1.82, 2.24) is 0 Å². The van der Waals surface area contributed by atoms with Crippen molar-refractivity contribution in [3.63, 3.8) is 0 Å². The van der Waals surface area contributed by atoms with E-state index in [2.05, 4.69) is 58.7 Å². The Morgan fingerprint density at radius 1 is 1.28 bits per heavy atom. The van der Waals surface area contributed by atoms with Crippen molar-refractivity contribution in [1.29, 1.82) is 0 Å². The molecule has 0 heterocycles. The van der Waals surface area contributed by atoms with E-state index in [9.17, 15) is 0 Å². The van der Waals surface area contributed by atoms with E-state index in [1.165, 1.54) is 29.5 Å². The van der Waals surface area contributed by atoms with Crippen LogP contribution in [-0.2, 0) is 5.41 Å². The summed E-state index contributed by atoms with van der Waals surface area (Å²) in [7, 11) is 0. The molecule has 0 aliphatic carbocycles. The predicted octanol–water partition coefficient (Wildman–Crippen LogP) is 5.20. The first-order valence-corrected chi connectivity index (χ1v) is 6.94. The molecular formula is C18H26. The van der Waals surface area contributed by atoms with E-state index in [4.69, 9.17) is 6.42 Å². The maximum Gasteiger partial charge on any atom is 0.0155 e. The van der Waals surface area contributed by atoms with Crippen molar-refractivity contribution in [2.75, 3.05) is 0 Å². The molecule has 18 heavy (non-hydrogen) atoms. The lowest BCUT2D eigenvalue weighted by atomic mass is 9.80. The number of hydrogen-bond acceptors (Lipinski definition) is 0. The number of rotatable bonds is 4. The van der Waals surface area contributed by atoms with Crippen LogP contribution in [0.3, 0.4) is 0 Å². The van der Waals surface area contributed by atoms with Gasteiger partial charge in [-0.3, -0.25) is 0 Å². The second kappa shape index (κ2) is 6.10. The van der Waals surface area contributed by atoms with Crippen molar-refractivity contribution in [3.8, 4) is 12.3 Å². The Hall–Kier alpha value is -1.22. The van der Waals surface area contributed by atoms with Crippen molar-refractivity contribution in [3.05, 3.63) is 34.9 Å². The Morgan fingerprint density at radius 2 is 1.94 bits per heavy atom. The molecule has 0 aliphatic heterocycles. The SMILES string of the molecule is C#CCC(CCC)c1ccc(C)c(C(C)(C)C)c1. The smallest absolute Gasteiger partial charge is 0.0155 e. The average molecular weight is 242 g/mol. The van der Waals surface area contributed by atoms with Gasteiger partial charge in [-0.2, -0.15) is 0 Å². The third-order valence-corrected chi connectivity index (χ3v) is 3.54. The Bertz CT molecular complexity index is 426. The van der Waals surface area contributed by atoms with Gasteiger partial charge >= 0.3 is 0 Å². The molecule has 0 heteroatoms. The van der Waals surface area contributed by atoms with Crippen LogP contribution in [0.1, 0.15) is 69.6 Å². The van der Waals surface area contributed by atoms with Crippen molar-refractivity contribution >= 4 is 0 Å². The summed E-state index contributed by atoms with van der Waals surface area (Å²) in [6.45, 7) is 11.2. The van der Waals surface area contributed by atoms with Gasteiger partial charge in [0.15, 0.2) is 0 Å². The van der Waals surface area contributed by atoms with Crippen LogP contribution in [0.4, 0.5) is 0 Å². The fourth-order valence-corrected chi connectivity index (χ4v) is 2.58. The molecule has 0 amide bonds. The second-order valence-corrected chi connectivity index (χ2v) is 6.22. The van der Waals surface area contributed by atoms with E-state index in [1.54, 1.807) is 0 Å². The zero-order valence-corrected chi connectivity index (χ0v) is 12.5. The minimum absolute atomic E-state index is 0.201. The van der Waals surface area contributed by atoms with Gasteiger partial charge < -0.3 is 0 Å². The molecule has 1 aromatic carbocycles. The molecule has 0 bridgehead atoms. The maximum absolute atomic E-state index is 5.50. The average Bonchev–Trinajstić information content (AvgIpc) is 2.28. The largest absolute Gasteiger partial charge is 0.120 e. The van der Waals surface area contributed by atoms with Gasteiger partial charge in [0.2, 0.25) is 0 Å². The lowest BCUT2D eigenvalue weighted by Crippen LogP contribution is -2.14. The third-order valence-electron chi connectivity index (χ3n) is 3.54. The van der Waals surface area contributed by atoms with Gasteiger partial charge in [-0.25, -0.2) is 0 Å². The fraction of sp³-hybridized carbons (Fsp3) is 0.556. The van der Waals surface area contributed by atoms with E-state index in [1.807, 2.05) is 0 Å². The highest BCUT2D eigenvalue weighted by Gasteiger charge is 2.18. The highest BCUT2D eigenvalue weighted by atomic mass is 14.2. The van der Waals surface area contributed by atoms with Gasteiger partial charge in [-0.05, 0) is 41.4 Å². The van der Waals surface area contributed by atoms with Crippen LogP contribution in [0, 0.1) is 19.3 Å². The summed E-state index contributed by atoms with van der Waals surface area (Å²) < 4.78 is 0. The lowest BCUT2D eigenvalue weighted by molar-refractivity contribution is 0.579. The molecule has 0 saturated heterocycles. The molecule has 0 aromatic heterocycles. The Balaban J connectivity index is 3.14. The normalized spacial score (nSPS) is 13.1. The summed E-state index contributed by atoms with van der Waals surface area (Å²) in [5.74, 6) is 3.34. The Labute approximate surface area is 113 Å². The zero-order valence-electron chi connectivity index (χ0n) is 12.5. The first-order chi connectivity index (χ1) is 8.40. The maximum atomic E-state index is 5.50. The molecule has 0 radical (unpaired) electrons. The Morgan fingerprint density at radius 3 is 2.44 bits per heavy atom. The predicted molar refractivity (Wildman–Crippen MR) is 81.0 cm³/mol. The van der Waals surface area contributed by atoms with Crippen LogP contribution in [0.2, 0.25) is 0 Å². The molecule has 0 aliphatic rings. The lowest BCUT2D eigenvalue weighted by Gasteiger charge is -2.24. The fourth-order valence-electron chi connectivity index (χ4n) is 2.58. The summed E-state index contributed by atoms with van der Waals surface area (Å²) >= 11 is 0. The third kappa shape index (κ3) is 3.64. The first-order valence-electron chi connectivity index (χ1n) is 6.94. The molecule has 1 aromatic rings. The topological polar surface area (TPSA) is 0 Å². The van der Waals surface area contributed by atoms with Crippen molar-refractivity contribution in [2.45, 2.75) is 65.2 Å². The molecular weight excluding hydrogens is 216 g/mol. The van der Waals surface area contributed by atoms with E-state index < -0.39 is 0 Å². The molecule has 1 unspecified atom stereocenters. The van der Waals surface area contributed by atoms with Crippen molar-refractivity contribution < 1.29 is 0 Å². The van der Waals surface area contributed by atoms with Gasteiger partial charge in [0.25, 0.3) is 0 Å². The van der Waals surface area contributed by atoms with E-state index >= 15 is 0 Å². The Kier molecular flexibility index (Phi) is 5.03. The number of aryl methyl sites for hydroxylation is 1. The van der Waals surface area contributed by atoms with E-state index in [-0.39, 0.29) is 5.41 Å². The van der Waals surface area contributed by atoms with Gasteiger partial charge in [-0.1, -0.05) is 52.3 Å². The molecule has 0 saturated carbocycles. The van der Waals surface area contributed by atoms with E-state index in [0.717, 1.165) is 6.42 Å². The van der Waals surface area contributed by atoms with Crippen LogP contribution >= 0.6 is 0 Å². The quantitative estimate of drug-likeness (QED) is 0.637. The standard InChI is InChI=1S/C18H26/c1-7-9-15(10-8-2)16-12-11-14(3)17(13-16)18(4,5)6/h1,11-13,15H,8-10H2,2-6H3. The minimum Gasteiger partial charge on any atom is -0.120 e.